The molecule has 3 N–H and O–H groups in total. The number of nitrogens with one attached hydrogen (secondary N) is 3. The van der Waals surface area contributed by atoms with Crippen molar-refractivity contribution in [1.29, 1.82) is 0 Å². The lowest BCUT2D eigenvalue weighted by atomic mass is 9.75. The number of anilines is 1. The first-order valence-electron chi connectivity index (χ1n) is 15.8. The molecule has 1 spiro atoms. The Morgan fingerprint density at radius 2 is 1.78 bits per heavy atom. The fourth-order valence-electron chi connectivity index (χ4n) is 5.96. The third kappa shape index (κ3) is 8.92. The zero-order chi connectivity index (χ0) is 31.8. The summed E-state index contributed by atoms with van der Waals surface area (Å²) in [5.74, 6) is 1.23. The highest BCUT2D eigenvalue weighted by atomic mass is 35.5. The van der Waals surface area contributed by atoms with Gasteiger partial charge >= 0.3 is 0 Å². The van der Waals surface area contributed by atoms with Crippen LogP contribution in [0.2, 0.25) is 5.02 Å². The van der Waals surface area contributed by atoms with Crippen LogP contribution in [-0.2, 0) is 9.59 Å². The number of hydrogen-bond donors (Lipinski definition) is 3. The topological polar surface area (TPSA) is 118 Å². The molecular weight excluding hydrogens is 596 g/mol. The van der Waals surface area contributed by atoms with Gasteiger partial charge in [-0.1, -0.05) is 37.6 Å². The average Bonchev–Trinajstić information content (AvgIpc) is 3.25. The van der Waals surface area contributed by atoms with E-state index in [0.717, 1.165) is 38.8 Å². The van der Waals surface area contributed by atoms with Crippen LogP contribution < -0.4 is 30.2 Å². The van der Waals surface area contributed by atoms with Crippen molar-refractivity contribution in [2.75, 3.05) is 51.3 Å². The summed E-state index contributed by atoms with van der Waals surface area (Å²) in [6.45, 7) is 7.71. The van der Waals surface area contributed by atoms with Gasteiger partial charge in [0.25, 0.3) is 5.91 Å². The molecule has 3 aliphatic rings. The van der Waals surface area contributed by atoms with E-state index in [-0.39, 0.29) is 29.7 Å². The molecule has 3 heterocycles. The van der Waals surface area contributed by atoms with Crippen molar-refractivity contribution in [2.45, 2.75) is 52.0 Å². The molecule has 5 rings (SSSR count). The molecule has 1 atom stereocenters. The maximum Gasteiger partial charge on any atom is 0.255 e. The summed E-state index contributed by atoms with van der Waals surface area (Å²) in [6.07, 6.45) is 7.71. The summed E-state index contributed by atoms with van der Waals surface area (Å²) in [5.41, 5.74) is 0.787. The zero-order valence-electron chi connectivity index (χ0n) is 26.0. The molecule has 0 radical (unpaired) electrons. The van der Waals surface area contributed by atoms with Crippen molar-refractivity contribution in [1.82, 2.24) is 15.5 Å². The lowest BCUT2D eigenvalue weighted by molar-refractivity contribution is -0.124. The van der Waals surface area contributed by atoms with Gasteiger partial charge in [0.2, 0.25) is 11.8 Å². The van der Waals surface area contributed by atoms with Gasteiger partial charge in [-0.25, -0.2) is 0 Å². The monoisotopic (exact) mass is 638 g/mol. The van der Waals surface area contributed by atoms with Gasteiger partial charge < -0.3 is 30.2 Å². The van der Waals surface area contributed by atoms with Crippen molar-refractivity contribution < 1.29 is 28.6 Å². The van der Waals surface area contributed by atoms with Crippen molar-refractivity contribution in [3.63, 3.8) is 0 Å². The minimum atomic E-state index is -0.700. The second-order valence-corrected chi connectivity index (χ2v) is 13.0. The maximum absolute atomic E-state index is 13.5. The Hall–Kier alpha value is -3.76. The molecule has 10 nitrogen and oxygen atoms in total. The molecular formula is C34H43ClN4O6. The SMILES string of the molecule is CC(C)C[C@@H]1NC(=O)c2cc(Cl)ccc2OC/C=C/CC2(CCN(CC(=O)Nc3ccc4c(c3)OCCCO4)CC2)CNC1=O. The third-order valence-corrected chi connectivity index (χ3v) is 8.76. The predicted octanol–water partition coefficient (Wildman–Crippen LogP) is 4.82. The molecule has 0 aromatic heterocycles. The quantitative estimate of drug-likeness (QED) is 0.402. The second-order valence-electron chi connectivity index (χ2n) is 12.5. The number of fused-ring (bicyclic) bond motifs is 2. The van der Waals surface area contributed by atoms with Gasteiger partial charge in [-0.15, -0.1) is 0 Å². The zero-order valence-corrected chi connectivity index (χ0v) is 26.8. The number of ether oxygens (including phenoxy) is 3. The van der Waals surface area contributed by atoms with Crippen LogP contribution in [-0.4, -0.2) is 74.7 Å². The highest BCUT2D eigenvalue weighted by molar-refractivity contribution is 6.31. The van der Waals surface area contributed by atoms with Crippen molar-refractivity contribution >= 4 is 35.0 Å². The summed E-state index contributed by atoms with van der Waals surface area (Å²) >= 11 is 6.19. The Balaban J connectivity index is 1.23. The number of carbonyl (C=O) groups is 3. The van der Waals surface area contributed by atoms with Gasteiger partial charge in [0.1, 0.15) is 18.4 Å². The molecule has 0 saturated carbocycles. The highest BCUT2D eigenvalue weighted by Gasteiger charge is 2.35. The van der Waals surface area contributed by atoms with Crippen LogP contribution in [0.25, 0.3) is 0 Å². The van der Waals surface area contributed by atoms with Crippen LogP contribution in [0.3, 0.4) is 0 Å². The Morgan fingerprint density at radius 1 is 1.02 bits per heavy atom. The standard InChI is InChI=1S/C34H43ClN4O6/c1-23(2)18-27-33(42)36-22-34(10-3-4-15-43-28-8-6-24(35)19-26(28)32(41)38-27)11-13-39(14-12-34)21-31(40)37-25-7-9-29-30(20-25)45-17-5-16-44-29/h3-4,6-9,19-20,23,27H,5,10-18,21-22H2,1-2H3,(H,36,42)(H,37,40)(H,38,41)/b4-3+/t27-/m0/s1. The van der Waals surface area contributed by atoms with E-state index in [9.17, 15) is 14.4 Å². The van der Waals surface area contributed by atoms with Crippen LogP contribution in [0.1, 0.15) is 56.3 Å². The van der Waals surface area contributed by atoms with Crippen LogP contribution >= 0.6 is 11.6 Å². The summed E-state index contributed by atoms with van der Waals surface area (Å²) < 4.78 is 17.4. The number of rotatable bonds is 5. The van der Waals surface area contributed by atoms with E-state index in [4.69, 9.17) is 25.8 Å². The van der Waals surface area contributed by atoms with E-state index in [2.05, 4.69) is 26.9 Å². The first-order chi connectivity index (χ1) is 21.7. The van der Waals surface area contributed by atoms with Crippen LogP contribution in [0.15, 0.2) is 48.6 Å². The summed E-state index contributed by atoms with van der Waals surface area (Å²) in [5, 5.41) is 9.48. The van der Waals surface area contributed by atoms with E-state index in [1.54, 1.807) is 24.3 Å². The van der Waals surface area contributed by atoms with Crippen LogP contribution in [0.4, 0.5) is 5.69 Å². The Bertz CT molecular complexity index is 1410. The molecule has 2 aromatic rings. The number of piperidine rings is 1. The number of benzene rings is 2. The van der Waals surface area contributed by atoms with Crippen molar-refractivity contribution in [2.24, 2.45) is 11.3 Å². The highest BCUT2D eigenvalue weighted by Crippen LogP contribution is 2.36. The number of allylic oxidation sites excluding steroid dienone is 1. The Kier molecular flexibility index (Phi) is 10.9. The Morgan fingerprint density at radius 3 is 2.56 bits per heavy atom. The first kappa shape index (κ1) is 32.6. The molecule has 242 valence electrons. The maximum atomic E-state index is 13.5. The van der Waals surface area contributed by atoms with Gasteiger partial charge in [0.15, 0.2) is 11.5 Å². The van der Waals surface area contributed by atoms with Crippen molar-refractivity contribution in [3.05, 3.63) is 59.1 Å². The molecule has 0 bridgehead atoms. The summed E-state index contributed by atoms with van der Waals surface area (Å²) in [6, 6.07) is 9.68. The summed E-state index contributed by atoms with van der Waals surface area (Å²) in [4.78, 5) is 41.9. The lowest BCUT2D eigenvalue weighted by Gasteiger charge is -2.41. The number of carbonyl (C=O) groups excluding carboxylic acids is 3. The molecule has 3 amide bonds. The largest absolute Gasteiger partial charge is 0.490 e. The van der Waals surface area contributed by atoms with Gasteiger partial charge in [0, 0.05) is 29.7 Å². The van der Waals surface area contributed by atoms with E-state index >= 15 is 0 Å². The van der Waals surface area contributed by atoms with Gasteiger partial charge in [-0.2, -0.15) is 0 Å². The Labute approximate surface area is 269 Å². The first-order valence-corrected chi connectivity index (χ1v) is 16.2. The molecule has 45 heavy (non-hydrogen) atoms. The molecule has 2 aromatic carbocycles. The van der Waals surface area contributed by atoms with Crippen molar-refractivity contribution in [3.8, 4) is 17.2 Å². The summed E-state index contributed by atoms with van der Waals surface area (Å²) in [7, 11) is 0. The smallest absolute Gasteiger partial charge is 0.255 e. The average molecular weight is 639 g/mol. The molecule has 0 unspecified atom stereocenters. The predicted molar refractivity (Wildman–Crippen MR) is 173 cm³/mol. The van der Waals surface area contributed by atoms with Crippen LogP contribution in [0, 0.1) is 11.3 Å². The van der Waals surface area contributed by atoms with E-state index < -0.39 is 11.9 Å². The third-order valence-electron chi connectivity index (χ3n) is 8.52. The minimum absolute atomic E-state index is 0.0920. The fourth-order valence-corrected chi connectivity index (χ4v) is 6.14. The molecule has 0 aliphatic carbocycles. The molecule has 1 saturated heterocycles. The fraction of sp³-hybridized carbons (Fsp3) is 0.500. The number of amides is 3. The normalized spacial score (nSPS) is 21.4. The van der Waals surface area contributed by atoms with Gasteiger partial charge in [-0.05, 0) is 80.4 Å². The van der Waals surface area contributed by atoms with Crippen LogP contribution in [0.5, 0.6) is 17.2 Å². The van der Waals surface area contributed by atoms with E-state index in [0.29, 0.717) is 66.3 Å². The number of halogens is 1. The van der Waals surface area contributed by atoms with Gasteiger partial charge in [0.05, 0.1) is 25.3 Å². The van der Waals surface area contributed by atoms with E-state index in [1.165, 1.54) is 0 Å². The lowest BCUT2D eigenvalue weighted by Crippen LogP contribution is -2.52. The number of likely N-dealkylation sites (tertiary alicyclic amines) is 1. The molecule has 11 heteroatoms. The molecule has 1 fully saturated rings. The van der Waals surface area contributed by atoms with Gasteiger partial charge in [-0.3, -0.25) is 19.3 Å². The molecule has 3 aliphatic heterocycles. The number of hydrogen-bond acceptors (Lipinski definition) is 7. The van der Waals surface area contributed by atoms with E-state index in [1.807, 2.05) is 32.1 Å². The second kappa shape index (κ2) is 15.0. The minimum Gasteiger partial charge on any atom is -0.490 e. The number of nitrogens with zero attached hydrogens (tertiary/aromatic N) is 1.